The molecule has 8 aromatic rings. The van der Waals surface area contributed by atoms with Gasteiger partial charge in [-0.3, -0.25) is 37.8 Å². The van der Waals surface area contributed by atoms with Crippen molar-refractivity contribution in [3.05, 3.63) is 152 Å². The predicted octanol–water partition coefficient (Wildman–Crippen LogP) is 7.22. The second kappa shape index (κ2) is 23.3. The highest BCUT2D eigenvalue weighted by atomic mass is 35.5. The largest absolute Gasteiger partial charge is 0.480 e. The zero-order chi connectivity index (χ0) is 55.2. The van der Waals surface area contributed by atoms with Crippen LogP contribution in [0.2, 0.25) is 10.0 Å². The van der Waals surface area contributed by atoms with E-state index in [2.05, 4.69) is 40.0 Å². The number of sulfonamides is 2. The normalized spacial score (nSPS) is 12.2. The number of nitrogens with zero attached hydrogens (tertiary/aromatic N) is 6. The van der Waals surface area contributed by atoms with Gasteiger partial charge < -0.3 is 20.1 Å². The average Bonchev–Trinajstić information content (AvgIpc) is 3.40. The van der Waals surface area contributed by atoms with E-state index in [4.69, 9.17) is 32.7 Å². The van der Waals surface area contributed by atoms with E-state index in [1.165, 1.54) is 60.5 Å². The molecule has 76 heavy (non-hydrogen) atoms. The number of carbonyl (C=O) groups excluding carboxylic acids is 2. The molecule has 4 aromatic carbocycles. The molecule has 0 saturated heterocycles. The molecule has 0 aliphatic rings. The number of carbonyl (C=O) groups is 2. The van der Waals surface area contributed by atoms with Gasteiger partial charge in [-0.05, 0) is 96.8 Å². The van der Waals surface area contributed by atoms with Crippen LogP contribution in [0.25, 0.3) is 44.1 Å². The number of amides is 2. The van der Waals surface area contributed by atoms with Crippen LogP contribution in [0.3, 0.4) is 0 Å². The summed E-state index contributed by atoms with van der Waals surface area (Å²) >= 11 is 12.3. The van der Waals surface area contributed by atoms with Crippen LogP contribution in [-0.4, -0.2) is 86.0 Å². The molecule has 0 unspecified atom stereocenters. The third-order valence-corrected chi connectivity index (χ3v) is 16.1. The van der Waals surface area contributed by atoms with E-state index in [1.807, 2.05) is 0 Å². The summed E-state index contributed by atoms with van der Waals surface area (Å²) in [5.41, 5.74) is 3.75. The van der Waals surface area contributed by atoms with E-state index in [0.717, 1.165) is 0 Å². The Morgan fingerprint density at radius 1 is 0.579 bits per heavy atom. The minimum absolute atomic E-state index is 0.0285. The number of aromatic nitrogens is 6. The van der Waals surface area contributed by atoms with Crippen LogP contribution in [0, 0.1) is 25.7 Å². The molecule has 2 atom stereocenters. The van der Waals surface area contributed by atoms with Gasteiger partial charge in [0.05, 0.1) is 70.3 Å². The number of methoxy groups -OCH3 is 2. The van der Waals surface area contributed by atoms with Crippen molar-refractivity contribution in [2.24, 2.45) is 11.8 Å². The molecule has 24 heteroatoms. The van der Waals surface area contributed by atoms with Crippen LogP contribution in [0.5, 0.6) is 11.8 Å². The van der Waals surface area contributed by atoms with Gasteiger partial charge in [-0.25, -0.2) is 36.8 Å². The monoisotopic (exact) mass is 1110 g/mol. The molecule has 0 saturated carbocycles. The van der Waals surface area contributed by atoms with Crippen molar-refractivity contribution in [3.8, 4) is 34.0 Å². The topological polar surface area (TPSA) is 265 Å². The molecule has 20 nitrogen and oxygen atoms in total. The number of benzene rings is 4. The van der Waals surface area contributed by atoms with Crippen molar-refractivity contribution in [1.29, 1.82) is 0 Å². The van der Waals surface area contributed by atoms with Crippen LogP contribution in [0.15, 0.2) is 129 Å². The summed E-state index contributed by atoms with van der Waals surface area (Å²) in [5.74, 6) is -1.07. The van der Waals surface area contributed by atoms with Crippen LogP contribution >= 0.6 is 23.2 Å². The molecule has 0 aliphatic carbocycles. The molecular formula is C52H52Cl2N10O10S2. The smallest absolute Gasteiger partial charge is 0.262 e. The molecular weight excluding hydrogens is 1060 g/mol. The lowest BCUT2D eigenvalue weighted by Gasteiger charge is -2.15. The van der Waals surface area contributed by atoms with E-state index in [0.29, 0.717) is 65.2 Å². The standard InChI is InChI=1S/2C26H26ClN5O5S/c2*1-15(24(33)28-3)13-32-14-30-21-9-8-17(10-19(21)26(32)34)18-11-22(25(37-4)29-12-18)31-38(35,36)23-7-5-6-20(27)16(23)2/h2*5-12,14-15,31H,13H2,1-4H3,(H,28,33)/t2*15-/m10/s1. The third kappa shape index (κ3) is 12.1. The molecule has 0 fully saturated rings. The summed E-state index contributed by atoms with van der Waals surface area (Å²) in [7, 11) is -2.18. The van der Waals surface area contributed by atoms with E-state index in [1.54, 1.807) is 115 Å². The summed E-state index contributed by atoms with van der Waals surface area (Å²) in [6.45, 7) is 7.03. The number of pyridine rings is 2. The number of nitrogens with one attached hydrogen (secondary N) is 4. The lowest BCUT2D eigenvalue weighted by Crippen LogP contribution is -2.32. The number of anilines is 2. The second-order valence-electron chi connectivity index (χ2n) is 17.4. The third-order valence-electron chi connectivity index (χ3n) is 12.2. The van der Waals surface area contributed by atoms with Gasteiger partial charge in [0.15, 0.2) is 0 Å². The van der Waals surface area contributed by atoms with E-state index in [9.17, 15) is 36.0 Å². The highest BCUT2D eigenvalue weighted by molar-refractivity contribution is 7.93. The van der Waals surface area contributed by atoms with E-state index >= 15 is 0 Å². The molecule has 8 rings (SSSR count). The SMILES string of the molecule is CNC(=O)[C@@H](C)Cn1cnc2ccc(-c3cnc(OC)c(NS(=O)(=O)c4cccc(Cl)c4C)c3)cc2c1=O.CNC(=O)[C@H](C)Cn1cnc2ccc(-c3cnc(OC)c(NS(=O)(=O)c4cccc(Cl)c4C)c3)cc2c1=O. The van der Waals surface area contributed by atoms with Crippen molar-refractivity contribution in [1.82, 2.24) is 39.7 Å². The van der Waals surface area contributed by atoms with E-state index in [-0.39, 0.29) is 68.9 Å². The lowest BCUT2D eigenvalue weighted by molar-refractivity contribution is -0.125. The van der Waals surface area contributed by atoms with Gasteiger partial charge >= 0.3 is 0 Å². The Bertz CT molecular complexity index is 3660. The Kier molecular flexibility index (Phi) is 17.1. The minimum atomic E-state index is -4.02. The Labute approximate surface area is 447 Å². The first kappa shape index (κ1) is 55.8. The first-order valence-electron chi connectivity index (χ1n) is 23.2. The number of rotatable bonds is 16. The highest BCUT2D eigenvalue weighted by Gasteiger charge is 2.24. The molecule has 4 N–H and O–H groups in total. The first-order valence-corrected chi connectivity index (χ1v) is 26.9. The molecule has 0 spiro atoms. The molecule has 4 heterocycles. The molecule has 396 valence electrons. The summed E-state index contributed by atoms with van der Waals surface area (Å²) in [4.78, 5) is 67.5. The highest BCUT2D eigenvalue weighted by Crippen LogP contribution is 2.34. The molecule has 0 bridgehead atoms. The zero-order valence-electron chi connectivity index (χ0n) is 42.3. The first-order chi connectivity index (χ1) is 36.1. The summed E-state index contributed by atoms with van der Waals surface area (Å²) < 4.78 is 71.1. The number of fused-ring (bicyclic) bond motifs is 2. The van der Waals surface area contributed by atoms with Crippen molar-refractivity contribution < 1.29 is 35.9 Å². The van der Waals surface area contributed by atoms with Gasteiger partial charge in [-0.1, -0.05) is 61.3 Å². The Morgan fingerprint density at radius 3 is 1.32 bits per heavy atom. The van der Waals surface area contributed by atoms with Gasteiger partial charge in [-0.15, -0.1) is 0 Å². The van der Waals surface area contributed by atoms with Crippen molar-refractivity contribution in [3.63, 3.8) is 0 Å². The van der Waals surface area contributed by atoms with Crippen LogP contribution < -0.4 is 40.7 Å². The predicted molar refractivity (Wildman–Crippen MR) is 292 cm³/mol. The minimum Gasteiger partial charge on any atom is -0.480 e. The Hall–Kier alpha value is -7.92. The van der Waals surface area contributed by atoms with Crippen LogP contribution in [0.1, 0.15) is 25.0 Å². The molecule has 4 aromatic heterocycles. The molecule has 0 aliphatic heterocycles. The fraction of sp³-hybridized carbons (Fsp3) is 0.231. The van der Waals surface area contributed by atoms with Crippen LogP contribution in [-0.2, 0) is 42.7 Å². The van der Waals surface area contributed by atoms with Crippen molar-refractivity contribution >= 4 is 88.2 Å². The number of halogens is 2. The Balaban J connectivity index is 0.000000221. The van der Waals surface area contributed by atoms with Crippen molar-refractivity contribution in [2.45, 2.75) is 50.6 Å². The van der Waals surface area contributed by atoms with Gasteiger partial charge in [0, 0.05) is 60.8 Å². The fourth-order valence-electron chi connectivity index (χ4n) is 8.03. The summed E-state index contributed by atoms with van der Waals surface area (Å²) in [6, 6.07) is 22.6. The maximum Gasteiger partial charge on any atom is 0.262 e. The lowest BCUT2D eigenvalue weighted by atomic mass is 10.0. The van der Waals surface area contributed by atoms with Crippen LogP contribution in [0.4, 0.5) is 11.4 Å². The maximum atomic E-state index is 13.2. The number of hydrogen-bond donors (Lipinski definition) is 4. The summed E-state index contributed by atoms with van der Waals surface area (Å²) in [5, 5.41) is 6.49. The van der Waals surface area contributed by atoms with Gasteiger partial charge in [0.25, 0.3) is 31.2 Å². The maximum absolute atomic E-state index is 13.2. The number of ether oxygens (including phenoxy) is 2. The number of hydrogen-bond acceptors (Lipinski definition) is 14. The zero-order valence-corrected chi connectivity index (χ0v) is 45.4. The van der Waals surface area contributed by atoms with Gasteiger partial charge in [-0.2, -0.15) is 0 Å². The summed E-state index contributed by atoms with van der Waals surface area (Å²) in [6.07, 6.45) is 5.88. The van der Waals surface area contributed by atoms with Crippen molar-refractivity contribution in [2.75, 3.05) is 37.8 Å². The molecule has 2 amide bonds. The average molecular weight is 1110 g/mol. The fourth-order valence-corrected chi connectivity index (χ4v) is 11.1. The molecule has 0 radical (unpaired) electrons. The van der Waals surface area contributed by atoms with E-state index < -0.39 is 31.9 Å². The van der Waals surface area contributed by atoms with Gasteiger partial charge in [0.2, 0.25) is 23.6 Å². The second-order valence-corrected chi connectivity index (χ2v) is 21.5. The quantitative estimate of drug-likeness (QED) is 0.0744. The Morgan fingerprint density at radius 2 is 0.961 bits per heavy atom. The van der Waals surface area contributed by atoms with Gasteiger partial charge in [0.1, 0.15) is 11.4 Å².